The number of anilines is 3. The molecule has 0 atom stereocenters. The summed E-state index contributed by atoms with van der Waals surface area (Å²) >= 11 is 0. The molecular weight excluding hydrogens is 302 g/mol. The predicted octanol–water partition coefficient (Wildman–Crippen LogP) is 2.24. The van der Waals surface area contributed by atoms with Crippen LogP contribution in [0.1, 0.15) is 18.9 Å². The first-order valence-corrected chi connectivity index (χ1v) is 8.29. The minimum atomic E-state index is -3.37. The Hall–Kier alpha value is -2.66. The van der Waals surface area contributed by atoms with Crippen LogP contribution in [0.3, 0.4) is 0 Å². The van der Waals surface area contributed by atoms with Gasteiger partial charge in [0.2, 0.25) is 10.0 Å². The summed E-state index contributed by atoms with van der Waals surface area (Å²) in [5.41, 5.74) is 1.32. The molecule has 8 heteroatoms. The monoisotopic (exact) mass is 317 g/mol. The maximum atomic E-state index is 11.6. The summed E-state index contributed by atoms with van der Waals surface area (Å²) in [5.74, 6) is 0.696. The molecule has 1 aromatic carbocycles. The Kier molecular flexibility index (Phi) is 4.91. The summed E-state index contributed by atoms with van der Waals surface area (Å²) in [6.45, 7) is 1.79. The highest BCUT2D eigenvalue weighted by Gasteiger charge is 2.09. The first-order chi connectivity index (χ1) is 10.5. The van der Waals surface area contributed by atoms with Crippen molar-refractivity contribution in [2.24, 2.45) is 0 Å². The standard InChI is InChI=1S/C14H15N5O2S/c1-2-9-22(20,21)19-14-8-7-13(17-18-14)16-12-5-3-11(10-15)4-6-12/h3-8H,2,9H2,1H3,(H,16,17)(H,18,19). The summed E-state index contributed by atoms with van der Waals surface area (Å²) in [6.07, 6.45) is 0.529. The third kappa shape index (κ3) is 4.43. The second kappa shape index (κ2) is 6.87. The van der Waals surface area contributed by atoms with Crippen LogP contribution < -0.4 is 10.0 Å². The van der Waals surface area contributed by atoms with Gasteiger partial charge in [0.25, 0.3) is 0 Å². The van der Waals surface area contributed by atoms with Crippen molar-refractivity contribution in [2.75, 3.05) is 15.8 Å². The van der Waals surface area contributed by atoms with Crippen LogP contribution in [0, 0.1) is 11.3 Å². The fourth-order valence-electron chi connectivity index (χ4n) is 1.71. The molecule has 2 aromatic rings. The van der Waals surface area contributed by atoms with Crippen molar-refractivity contribution in [3.63, 3.8) is 0 Å². The first kappa shape index (κ1) is 15.7. The minimum absolute atomic E-state index is 0.0416. The molecule has 0 radical (unpaired) electrons. The molecule has 0 saturated heterocycles. The van der Waals surface area contributed by atoms with E-state index >= 15 is 0 Å². The zero-order valence-corrected chi connectivity index (χ0v) is 12.8. The van der Waals surface area contributed by atoms with Gasteiger partial charge in [-0.3, -0.25) is 4.72 Å². The van der Waals surface area contributed by atoms with Crippen molar-refractivity contribution in [3.8, 4) is 6.07 Å². The third-order valence-electron chi connectivity index (χ3n) is 2.68. The van der Waals surface area contributed by atoms with Crippen molar-refractivity contribution in [1.82, 2.24) is 10.2 Å². The number of nitrogens with one attached hydrogen (secondary N) is 2. The highest BCUT2D eigenvalue weighted by molar-refractivity contribution is 7.92. The lowest BCUT2D eigenvalue weighted by Crippen LogP contribution is -2.17. The Labute approximate surface area is 129 Å². The second-order valence-corrected chi connectivity index (χ2v) is 6.38. The summed E-state index contributed by atoms with van der Waals surface area (Å²) in [6, 6.07) is 12.1. The average molecular weight is 317 g/mol. The molecule has 0 saturated carbocycles. The van der Waals surface area contributed by atoms with Crippen molar-refractivity contribution in [2.45, 2.75) is 13.3 Å². The van der Waals surface area contributed by atoms with Crippen LogP contribution in [0.4, 0.5) is 17.3 Å². The zero-order chi connectivity index (χ0) is 16.0. The van der Waals surface area contributed by atoms with Crippen LogP contribution in [0.15, 0.2) is 36.4 Å². The van der Waals surface area contributed by atoms with E-state index in [9.17, 15) is 8.42 Å². The quantitative estimate of drug-likeness (QED) is 0.846. The van der Waals surface area contributed by atoms with Gasteiger partial charge in [-0.25, -0.2) is 8.42 Å². The minimum Gasteiger partial charge on any atom is -0.339 e. The highest BCUT2D eigenvalue weighted by Crippen LogP contribution is 2.15. The Morgan fingerprint density at radius 3 is 2.27 bits per heavy atom. The summed E-state index contributed by atoms with van der Waals surface area (Å²) in [5, 5.41) is 19.5. The zero-order valence-electron chi connectivity index (χ0n) is 11.9. The van der Waals surface area contributed by atoms with Crippen LogP contribution in [-0.2, 0) is 10.0 Å². The van der Waals surface area contributed by atoms with Crippen molar-refractivity contribution in [1.29, 1.82) is 5.26 Å². The molecule has 0 unspecified atom stereocenters. The van der Waals surface area contributed by atoms with Crippen LogP contribution >= 0.6 is 0 Å². The average Bonchev–Trinajstić information content (AvgIpc) is 2.49. The van der Waals surface area contributed by atoms with E-state index in [1.54, 1.807) is 37.3 Å². The highest BCUT2D eigenvalue weighted by atomic mass is 32.2. The van der Waals surface area contributed by atoms with Gasteiger partial charge < -0.3 is 5.32 Å². The van der Waals surface area contributed by atoms with Gasteiger partial charge in [0.15, 0.2) is 11.6 Å². The predicted molar refractivity (Wildman–Crippen MR) is 84.2 cm³/mol. The second-order valence-electron chi connectivity index (χ2n) is 4.54. The fourth-order valence-corrected chi connectivity index (χ4v) is 2.78. The van der Waals surface area contributed by atoms with Crippen LogP contribution in [0.25, 0.3) is 0 Å². The van der Waals surface area contributed by atoms with E-state index in [-0.39, 0.29) is 11.6 Å². The molecule has 1 aromatic heterocycles. The number of hydrogen-bond acceptors (Lipinski definition) is 6. The van der Waals surface area contributed by atoms with Gasteiger partial charge in [-0.2, -0.15) is 5.26 Å². The largest absolute Gasteiger partial charge is 0.339 e. The maximum Gasteiger partial charge on any atom is 0.233 e. The molecule has 0 spiro atoms. The van der Waals surface area contributed by atoms with E-state index in [4.69, 9.17) is 5.26 Å². The van der Waals surface area contributed by atoms with Crippen LogP contribution in [-0.4, -0.2) is 24.4 Å². The van der Waals surface area contributed by atoms with Crippen LogP contribution in [0.2, 0.25) is 0 Å². The number of benzene rings is 1. The van der Waals surface area contributed by atoms with Gasteiger partial charge in [0.05, 0.1) is 17.4 Å². The Morgan fingerprint density at radius 1 is 1.09 bits per heavy atom. The van der Waals surface area contributed by atoms with E-state index in [0.29, 0.717) is 17.8 Å². The van der Waals surface area contributed by atoms with Gasteiger partial charge in [-0.1, -0.05) is 6.92 Å². The maximum absolute atomic E-state index is 11.6. The molecule has 2 rings (SSSR count). The molecule has 114 valence electrons. The lowest BCUT2D eigenvalue weighted by Gasteiger charge is -2.07. The van der Waals surface area contributed by atoms with Crippen molar-refractivity contribution < 1.29 is 8.42 Å². The normalized spacial score (nSPS) is 10.7. The molecule has 7 nitrogen and oxygen atoms in total. The Bertz CT molecular complexity index is 764. The van der Waals surface area contributed by atoms with E-state index < -0.39 is 10.0 Å². The smallest absolute Gasteiger partial charge is 0.233 e. The number of hydrogen-bond donors (Lipinski definition) is 2. The van der Waals surface area contributed by atoms with E-state index in [1.165, 1.54) is 6.07 Å². The third-order valence-corrected chi connectivity index (χ3v) is 4.15. The summed E-state index contributed by atoms with van der Waals surface area (Å²) < 4.78 is 25.6. The molecule has 22 heavy (non-hydrogen) atoms. The van der Waals surface area contributed by atoms with Crippen molar-refractivity contribution >= 4 is 27.3 Å². The Morgan fingerprint density at radius 2 is 1.73 bits per heavy atom. The molecule has 0 aliphatic carbocycles. The lowest BCUT2D eigenvalue weighted by atomic mass is 10.2. The van der Waals surface area contributed by atoms with Gasteiger partial charge in [-0.05, 0) is 42.8 Å². The number of sulfonamides is 1. The molecule has 0 amide bonds. The molecule has 0 aliphatic rings. The Balaban J connectivity index is 2.04. The van der Waals surface area contributed by atoms with E-state index in [2.05, 4.69) is 20.2 Å². The number of nitriles is 1. The topological polar surface area (TPSA) is 108 Å². The van der Waals surface area contributed by atoms with Gasteiger partial charge in [-0.15, -0.1) is 10.2 Å². The molecule has 1 heterocycles. The van der Waals surface area contributed by atoms with Crippen molar-refractivity contribution in [3.05, 3.63) is 42.0 Å². The first-order valence-electron chi connectivity index (χ1n) is 6.64. The molecule has 0 aliphatic heterocycles. The van der Waals surface area contributed by atoms with Gasteiger partial charge in [0, 0.05) is 5.69 Å². The van der Waals surface area contributed by atoms with Crippen LogP contribution in [0.5, 0.6) is 0 Å². The van der Waals surface area contributed by atoms with Gasteiger partial charge in [0.1, 0.15) is 0 Å². The molecule has 0 fully saturated rings. The lowest BCUT2D eigenvalue weighted by molar-refractivity contribution is 0.599. The summed E-state index contributed by atoms with van der Waals surface area (Å²) in [7, 11) is -3.37. The van der Waals surface area contributed by atoms with Gasteiger partial charge >= 0.3 is 0 Å². The number of nitrogens with zero attached hydrogens (tertiary/aromatic N) is 3. The SMILES string of the molecule is CCCS(=O)(=O)Nc1ccc(Nc2ccc(C#N)cc2)nn1. The summed E-state index contributed by atoms with van der Waals surface area (Å²) in [4.78, 5) is 0. The van der Waals surface area contributed by atoms with E-state index in [0.717, 1.165) is 5.69 Å². The molecule has 0 bridgehead atoms. The molecular formula is C14H15N5O2S. The number of aromatic nitrogens is 2. The molecule has 2 N–H and O–H groups in total. The van der Waals surface area contributed by atoms with E-state index in [1.807, 2.05) is 6.07 Å². The number of rotatable bonds is 6. The fraction of sp³-hybridized carbons (Fsp3) is 0.214.